The van der Waals surface area contributed by atoms with Crippen molar-refractivity contribution in [1.29, 1.82) is 0 Å². The number of carbonyl (C=O) groups is 1. The fourth-order valence-corrected chi connectivity index (χ4v) is 3.90. The van der Waals surface area contributed by atoms with Gasteiger partial charge in [0.05, 0.1) is 18.1 Å². The summed E-state index contributed by atoms with van der Waals surface area (Å²) in [6, 6.07) is 4.72. The largest absolute Gasteiger partial charge is 0.350 e. The standard InChI is InChI=1S/C17H23NO5S/c1-12-3-4-14(24(2,20)21)11-15(12)16(19)18-7-5-13(6-8-18)17-22-9-10-23-17/h3-4,11,13,17H,5-10H2,1-2H3. The molecule has 0 aliphatic carbocycles. The molecule has 6 nitrogen and oxygen atoms in total. The number of carbonyl (C=O) groups excluding carboxylic acids is 1. The van der Waals surface area contributed by atoms with Crippen molar-refractivity contribution < 1.29 is 22.7 Å². The van der Waals surface area contributed by atoms with E-state index in [4.69, 9.17) is 9.47 Å². The molecule has 1 amide bonds. The molecular formula is C17H23NO5S. The van der Waals surface area contributed by atoms with Crippen LogP contribution >= 0.6 is 0 Å². The van der Waals surface area contributed by atoms with Crippen LogP contribution in [0.2, 0.25) is 0 Å². The van der Waals surface area contributed by atoms with Crippen molar-refractivity contribution in [3.8, 4) is 0 Å². The fraction of sp³-hybridized carbons (Fsp3) is 0.588. The zero-order chi connectivity index (χ0) is 17.3. The lowest BCUT2D eigenvalue weighted by molar-refractivity contribution is -0.0956. The van der Waals surface area contributed by atoms with Gasteiger partial charge < -0.3 is 14.4 Å². The van der Waals surface area contributed by atoms with Gasteiger partial charge in [0.25, 0.3) is 5.91 Å². The minimum absolute atomic E-state index is 0.107. The number of aryl methyl sites for hydroxylation is 1. The van der Waals surface area contributed by atoms with Gasteiger partial charge >= 0.3 is 0 Å². The number of hydrogen-bond acceptors (Lipinski definition) is 5. The van der Waals surface area contributed by atoms with Gasteiger partial charge in [0.15, 0.2) is 16.1 Å². The average molecular weight is 353 g/mol. The molecule has 0 aromatic heterocycles. The highest BCUT2D eigenvalue weighted by atomic mass is 32.2. The molecule has 1 aromatic rings. The van der Waals surface area contributed by atoms with E-state index in [1.54, 1.807) is 17.0 Å². The molecule has 132 valence electrons. The predicted molar refractivity (Wildman–Crippen MR) is 88.6 cm³/mol. The summed E-state index contributed by atoms with van der Waals surface area (Å²) >= 11 is 0. The molecule has 2 aliphatic heterocycles. The lowest BCUT2D eigenvalue weighted by atomic mass is 9.95. The number of hydrogen-bond donors (Lipinski definition) is 0. The van der Waals surface area contributed by atoms with Crippen molar-refractivity contribution >= 4 is 15.7 Å². The molecule has 0 atom stereocenters. The van der Waals surface area contributed by atoms with E-state index in [2.05, 4.69) is 0 Å². The molecule has 7 heteroatoms. The summed E-state index contributed by atoms with van der Waals surface area (Å²) in [4.78, 5) is 14.8. The normalized spacial score (nSPS) is 20.5. The highest BCUT2D eigenvalue weighted by Gasteiger charge is 2.32. The Morgan fingerprint density at radius 3 is 2.38 bits per heavy atom. The smallest absolute Gasteiger partial charge is 0.254 e. The van der Waals surface area contributed by atoms with Crippen molar-refractivity contribution in [2.24, 2.45) is 5.92 Å². The summed E-state index contributed by atoms with van der Waals surface area (Å²) < 4.78 is 34.6. The zero-order valence-corrected chi connectivity index (χ0v) is 14.8. The van der Waals surface area contributed by atoms with Crippen LogP contribution < -0.4 is 0 Å². The molecular weight excluding hydrogens is 330 g/mol. The maximum atomic E-state index is 12.8. The predicted octanol–water partition coefficient (Wildman–Crippen LogP) is 1.62. The van der Waals surface area contributed by atoms with Crippen LogP contribution in [0, 0.1) is 12.8 Å². The number of piperidine rings is 1. The molecule has 2 aliphatic rings. The van der Waals surface area contributed by atoms with Crippen molar-refractivity contribution in [1.82, 2.24) is 4.90 Å². The molecule has 2 heterocycles. The van der Waals surface area contributed by atoms with Crippen molar-refractivity contribution in [3.05, 3.63) is 29.3 Å². The maximum Gasteiger partial charge on any atom is 0.254 e. The number of ether oxygens (including phenoxy) is 2. The molecule has 24 heavy (non-hydrogen) atoms. The second kappa shape index (κ2) is 6.82. The Hall–Kier alpha value is -1.44. The second-order valence-corrected chi connectivity index (χ2v) is 8.50. The van der Waals surface area contributed by atoms with E-state index in [1.807, 2.05) is 6.92 Å². The first-order valence-electron chi connectivity index (χ1n) is 8.19. The van der Waals surface area contributed by atoms with Gasteiger partial charge in [0, 0.05) is 30.8 Å². The van der Waals surface area contributed by atoms with Crippen LogP contribution in [0.3, 0.4) is 0 Å². The van der Waals surface area contributed by atoms with Crippen molar-refractivity contribution in [2.45, 2.75) is 31.0 Å². The number of likely N-dealkylation sites (tertiary alicyclic amines) is 1. The van der Waals surface area contributed by atoms with Crippen LogP contribution in [-0.2, 0) is 19.3 Å². The van der Waals surface area contributed by atoms with Crippen LogP contribution in [0.4, 0.5) is 0 Å². The number of sulfone groups is 1. The molecule has 0 N–H and O–H groups in total. The molecule has 0 bridgehead atoms. The summed E-state index contributed by atoms with van der Waals surface area (Å²) in [5.74, 6) is 0.213. The third-order valence-corrected chi connectivity index (χ3v) is 5.84. The van der Waals surface area contributed by atoms with Crippen molar-refractivity contribution in [2.75, 3.05) is 32.6 Å². The molecule has 1 aromatic carbocycles. The minimum Gasteiger partial charge on any atom is -0.350 e. The minimum atomic E-state index is -3.33. The third-order valence-electron chi connectivity index (χ3n) is 4.73. The first-order chi connectivity index (χ1) is 11.4. The lowest BCUT2D eigenvalue weighted by Gasteiger charge is -2.34. The molecule has 0 radical (unpaired) electrons. The highest BCUT2D eigenvalue weighted by molar-refractivity contribution is 7.90. The molecule has 0 spiro atoms. The van der Waals surface area contributed by atoms with E-state index in [0.29, 0.717) is 37.8 Å². The fourth-order valence-electron chi connectivity index (χ4n) is 3.26. The second-order valence-electron chi connectivity index (χ2n) is 6.49. The summed E-state index contributed by atoms with van der Waals surface area (Å²) in [5, 5.41) is 0. The Labute approximate surface area is 142 Å². The number of nitrogens with zero attached hydrogens (tertiary/aromatic N) is 1. The summed E-state index contributed by atoms with van der Waals surface area (Å²) in [5.41, 5.74) is 1.25. The van der Waals surface area contributed by atoms with Crippen LogP contribution in [-0.4, -0.2) is 58.1 Å². The Balaban J connectivity index is 1.71. The van der Waals surface area contributed by atoms with Crippen LogP contribution in [0.5, 0.6) is 0 Å². The van der Waals surface area contributed by atoms with Gasteiger partial charge in [0.2, 0.25) is 0 Å². The van der Waals surface area contributed by atoms with Gasteiger partial charge in [-0.2, -0.15) is 0 Å². The Kier molecular flexibility index (Phi) is 4.94. The van der Waals surface area contributed by atoms with Crippen LogP contribution in [0.15, 0.2) is 23.1 Å². The highest BCUT2D eigenvalue weighted by Crippen LogP contribution is 2.27. The van der Waals surface area contributed by atoms with E-state index >= 15 is 0 Å². The van der Waals surface area contributed by atoms with Crippen LogP contribution in [0.1, 0.15) is 28.8 Å². The monoisotopic (exact) mass is 353 g/mol. The third kappa shape index (κ3) is 3.63. The number of amides is 1. The van der Waals surface area contributed by atoms with Crippen molar-refractivity contribution in [3.63, 3.8) is 0 Å². The van der Waals surface area contributed by atoms with Gasteiger partial charge in [0.1, 0.15) is 0 Å². The average Bonchev–Trinajstić information content (AvgIpc) is 3.08. The molecule has 0 saturated carbocycles. The van der Waals surface area contributed by atoms with Gasteiger partial charge in [-0.3, -0.25) is 4.79 Å². The van der Waals surface area contributed by atoms with E-state index in [0.717, 1.165) is 24.7 Å². The number of rotatable bonds is 3. The molecule has 2 fully saturated rings. The molecule has 3 rings (SSSR count). The van der Waals surface area contributed by atoms with Crippen LogP contribution in [0.25, 0.3) is 0 Å². The van der Waals surface area contributed by atoms with Gasteiger partial charge in [-0.05, 0) is 37.5 Å². The zero-order valence-electron chi connectivity index (χ0n) is 14.0. The first-order valence-corrected chi connectivity index (χ1v) is 10.1. The topological polar surface area (TPSA) is 72.9 Å². The summed E-state index contributed by atoms with van der Waals surface area (Å²) in [7, 11) is -3.33. The van der Waals surface area contributed by atoms with E-state index in [1.165, 1.54) is 6.07 Å². The molecule has 0 unspecified atom stereocenters. The Bertz CT molecular complexity index is 716. The van der Waals surface area contributed by atoms with E-state index < -0.39 is 9.84 Å². The Morgan fingerprint density at radius 2 is 1.79 bits per heavy atom. The van der Waals surface area contributed by atoms with Gasteiger partial charge in [-0.15, -0.1) is 0 Å². The van der Waals surface area contributed by atoms with Gasteiger partial charge in [-0.1, -0.05) is 6.07 Å². The Morgan fingerprint density at radius 1 is 1.17 bits per heavy atom. The quantitative estimate of drug-likeness (QED) is 0.826. The molecule has 2 saturated heterocycles. The SMILES string of the molecule is Cc1ccc(S(C)(=O)=O)cc1C(=O)N1CCC(C2OCCO2)CC1. The first kappa shape index (κ1) is 17.4. The lowest BCUT2D eigenvalue weighted by Crippen LogP contribution is -2.41. The van der Waals surface area contributed by atoms with E-state index in [9.17, 15) is 13.2 Å². The van der Waals surface area contributed by atoms with Gasteiger partial charge in [-0.25, -0.2) is 8.42 Å². The summed E-state index contributed by atoms with van der Waals surface area (Å²) in [6.45, 7) is 4.37. The summed E-state index contributed by atoms with van der Waals surface area (Å²) in [6.07, 6.45) is 2.68. The van der Waals surface area contributed by atoms with E-state index in [-0.39, 0.29) is 17.1 Å². The maximum absolute atomic E-state index is 12.8. The number of benzene rings is 1.